The van der Waals surface area contributed by atoms with E-state index in [1.807, 2.05) is 12.5 Å². The predicted molar refractivity (Wildman–Crippen MR) is 62.9 cm³/mol. The fraction of sp³-hybridized carbons (Fsp3) is 0.727. The lowest BCUT2D eigenvalue weighted by atomic mass is 10.1. The number of rotatable bonds is 6. The van der Waals surface area contributed by atoms with E-state index in [-0.39, 0.29) is 5.54 Å². The van der Waals surface area contributed by atoms with E-state index in [1.54, 1.807) is 6.20 Å². The van der Waals surface area contributed by atoms with Crippen molar-refractivity contribution in [1.82, 2.24) is 20.2 Å². The first-order chi connectivity index (χ1) is 7.08. The largest absolute Gasteiger partial charge is 0.336 e. The third-order valence-corrected chi connectivity index (χ3v) is 2.06. The Balaban J connectivity index is 1.94. The van der Waals surface area contributed by atoms with Gasteiger partial charge in [-0.15, -0.1) is 0 Å². The summed E-state index contributed by atoms with van der Waals surface area (Å²) in [6.45, 7) is 10.5. The summed E-state index contributed by atoms with van der Waals surface area (Å²) >= 11 is 0. The van der Waals surface area contributed by atoms with Crippen molar-refractivity contribution in [2.75, 3.05) is 19.6 Å². The van der Waals surface area contributed by atoms with Gasteiger partial charge in [-0.25, -0.2) is 4.98 Å². The molecule has 0 aliphatic carbocycles. The lowest BCUT2D eigenvalue weighted by molar-refractivity contribution is 0.420. The Morgan fingerprint density at radius 1 is 1.20 bits per heavy atom. The fourth-order valence-electron chi connectivity index (χ4n) is 1.28. The van der Waals surface area contributed by atoms with Gasteiger partial charge in [0.1, 0.15) is 0 Å². The normalized spacial score (nSPS) is 11.9. The number of aromatic nitrogens is 2. The van der Waals surface area contributed by atoms with Gasteiger partial charge in [-0.05, 0) is 20.8 Å². The van der Waals surface area contributed by atoms with Crippen molar-refractivity contribution in [3.05, 3.63) is 18.7 Å². The molecule has 0 spiro atoms. The van der Waals surface area contributed by atoms with Crippen LogP contribution >= 0.6 is 0 Å². The third-order valence-electron chi connectivity index (χ3n) is 2.06. The van der Waals surface area contributed by atoms with Crippen molar-refractivity contribution < 1.29 is 0 Å². The van der Waals surface area contributed by atoms with Gasteiger partial charge in [-0.1, -0.05) is 0 Å². The van der Waals surface area contributed by atoms with Crippen molar-refractivity contribution in [2.45, 2.75) is 32.9 Å². The topological polar surface area (TPSA) is 41.9 Å². The van der Waals surface area contributed by atoms with E-state index in [4.69, 9.17) is 0 Å². The van der Waals surface area contributed by atoms with Crippen LogP contribution in [0, 0.1) is 0 Å². The molecular formula is C11H22N4. The molecule has 0 aliphatic heterocycles. The molecule has 0 aromatic carbocycles. The SMILES string of the molecule is CC(C)(C)NCCNCCn1ccnc1. The highest BCUT2D eigenvalue weighted by Crippen LogP contribution is 1.96. The summed E-state index contributed by atoms with van der Waals surface area (Å²) in [6.07, 6.45) is 5.63. The molecule has 1 aromatic rings. The Kier molecular flexibility index (Phi) is 4.78. The minimum atomic E-state index is 0.214. The minimum absolute atomic E-state index is 0.214. The van der Waals surface area contributed by atoms with Crippen molar-refractivity contribution in [3.8, 4) is 0 Å². The van der Waals surface area contributed by atoms with Crippen molar-refractivity contribution in [2.24, 2.45) is 0 Å². The van der Waals surface area contributed by atoms with Crippen LogP contribution in [0.1, 0.15) is 20.8 Å². The Hall–Kier alpha value is -0.870. The second kappa shape index (κ2) is 5.88. The molecule has 0 fully saturated rings. The molecule has 0 atom stereocenters. The van der Waals surface area contributed by atoms with Crippen LogP contribution in [0.2, 0.25) is 0 Å². The van der Waals surface area contributed by atoms with Crippen LogP contribution in [0.25, 0.3) is 0 Å². The molecule has 15 heavy (non-hydrogen) atoms. The van der Waals surface area contributed by atoms with Crippen LogP contribution in [0.15, 0.2) is 18.7 Å². The first kappa shape index (κ1) is 12.2. The van der Waals surface area contributed by atoms with Gasteiger partial charge in [0.15, 0.2) is 0 Å². The molecule has 4 heteroatoms. The molecule has 1 aromatic heterocycles. The van der Waals surface area contributed by atoms with Gasteiger partial charge in [0.05, 0.1) is 6.33 Å². The van der Waals surface area contributed by atoms with Crippen molar-refractivity contribution >= 4 is 0 Å². The number of hydrogen-bond donors (Lipinski definition) is 2. The first-order valence-corrected chi connectivity index (χ1v) is 5.49. The molecule has 0 bridgehead atoms. The number of nitrogens with one attached hydrogen (secondary N) is 2. The van der Waals surface area contributed by atoms with Crippen LogP contribution in [-0.2, 0) is 6.54 Å². The second-order valence-electron chi connectivity index (χ2n) is 4.73. The summed E-state index contributed by atoms with van der Waals surface area (Å²) in [5.74, 6) is 0. The first-order valence-electron chi connectivity index (χ1n) is 5.49. The summed E-state index contributed by atoms with van der Waals surface area (Å²) in [5.41, 5.74) is 0.214. The van der Waals surface area contributed by atoms with Gasteiger partial charge in [0, 0.05) is 44.1 Å². The van der Waals surface area contributed by atoms with E-state index >= 15 is 0 Å². The summed E-state index contributed by atoms with van der Waals surface area (Å²) in [4.78, 5) is 3.99. The van der Waals surface area contributed by atoms with Crippen LogP contribution in [-0.4, -0.2) is 34.7 Å². The summed E-state index contributed by atoms with van der Waals surface area (Å²) in [6, 6.07) is 0. The van der Waals surface area contributed by atoms with E-state index in [9.17, 15) is 0 Å². The molecule has 2 N–H and O–H groups in total. The van der Waals surface area contributed by atoms with Crippen LogP contribution in [0.5, 0.6) is 0 Å². The molecule has 0 amide bonds. The Bertz CT molecular complexity index is 248. The van der Waals surface area contributed by atoms with Crippen LogP contribution < -0.4 is 10.6 Å². The number of nitrogens with zero attached hydrogens (tertiary/aromatic N) is 2. The van der Waals surface area contributed by atoms with Crippen molar-refractivity contribution in [3.63, 3.8) is 0 Å². The summed E-state index contributed by atoms with van der Waals surface area (Å²) in [7, 11) is 0. The quantitative estimate of drug-likeness (QED) is 0.684. The maximum atomic E-state index is 3.99. The fourth-order valence-corrected chi connectivity index (χ4v) is 1.28. The highest BCUT2D eigenvalue weighted by molar-refractivity contribution is 4.74. The van der Waals surface area contributed by atoms with Gasteiger partial charge >= 0.3 is 0 Å². The van der Waals surface area contributed by atoms with Crippen molar-refractivity contribution in [1.29, 1.82) is 0 Å². The zero-order valence-corrected chi connectivity index (χ0v) is 9.95. The smallest absolute Gasteiger partial charge is 0.0946 e. The van der Waals surface area contributed by atoms with Crippen LogP contribution in [0.4, 0.5) is 0 Å². The molecule has 86 valence electrons. The highest BCUT2D eigenvalue weighted by atomic mass is 15.1. The molecule has 1 rings (SSSR count). The molecule has 0 unspecified atom stereocenters. The van der Waals surface area contributed by atoms with Gasteiger partial charge < -0.3 is 15.2 Å². The Morgan fingerprint density at radius 2 is 2.00 bits per heavy atom. The maximum absolute atomic E-state index is 3.99. The lowest BCUT2D eigenvalue weighted by Crippen LogP contribution is -2.40. The molecule has 0 aliphatic rings. The maximum Gasteiger partial charge on any atom is 0.0946 e. The molecule has 1 heterocycles. The van der Waals surface area contributed by atoms with E-state index in [0.717, 1.165) is 26.2 Å². The molecule has 0 saturated heterocycles. The van der Waals surface area contributed by atoms with E-state index in [1.165, 1.54) is 0 Å². The number of imidazole rings is 1. The summed E-state index contributed by atoms with van der Waals surface area (Å²) < 4.78 is 2.07. The minimum Gasteiger partial charge on any atom is -0.336 e. The average molecular weight is 210 g/mol. The second-order valence-corrected chi connectivity index (χ2v) is 4.73. The summed E-state index contributed by atoms with van der Waals surface area (Å²) in [5, 5.41) is 6.82. The molecular weight excluding hydrogens is 188 g/mol. The Morgan fingerprint density at radius 3 is 2.60 bits per heavy atom. The van der Waals surface area contributed by atoms with Gasteiger partial charge in [0.25, 0.3) is 0 Å². The molecule has 4 nitrogen and oxygen atoms in total. The van der Waals surface area contributed by atoms with E-state index in [0.29, 0.717) is 0 Å². The van der Waals surface area contributed by atoms with Gasteiger partial charge in [-0.3, -0.25) is 0 Å². The van der Waals surface area contributed by atoms with Crippen LogP contribution in [0.3, 0.4) is 0 Å². The zero-order valence-electron chi connectivity index (χ0n) is 9.95. The standard InChI is InChI=1S/C11H22N4/c1-11(2,3)14-5-4-12-6-8-15-9-7-13-10-15/h7,9-10,12,14H,4-6,8H2,1-3H3. The third kappa shape index (κ3) is 6.25. The predicted octanol–water partition coefficient (Wildman–Crippen LogP) is 0.861. The van der Waals surface area contributed by atoms with Gasteiger partial charge in [0.2, 0.25) is 0 Å². The van der Waals surface area contributed by atoms with E-state index in [2.05, 4.69) is 41.0 Å². The molecule has 0 radical (unpaired) electrons. The average Bonchev–Trinajstić information content (AvgIpc) is 2.61. The zero-order chi connectivity index (χ0) is 11.1. The van der Waals surface area contributed by atoms with E-state index < -0.39 is 0 Å². The number of hydrogen-bond acceptors (Lipinski definition) is 3. The highest BCUT2D eigenvalue weighted by Gasteiger charge is 2.06. The Labute approximate surface area is 92.1 Å². The monoisotopic (exact) mass is 210 g/mol. The molecule has 0 saturated carbocycles. The lowest BCUT2D eigenvalue weighted by Gasteiger charge is -2.20. The van der Waals surface area contributed by atoms with Gasteiger partial charge in [-0.2, -0.15) is 0 Å².